The molecule has 0 bridgehead atoms. The molecule has 0 N–H and O–H groups in total. The molecule has 0 saturated carbocycles. The van der Waals surface area contributed by atoms with E-state index in [1.54, 1.807) is 18.2 Å². The lowest BCUT2D eigenvalue weighted by molar-refractivity contribution is -0.141. The molecule has 0 unspecified atom stereocenters. The van der Waals surface area contributed by atoms with Crippen molar-refractivity contribution in [3.05, 3.63) is 36.2 Å². The van der Waals surface area contributed by atoms with Gasteiger partial charge in [-0.1, -0.05) is 11.8 Å². The second-order valence-electron chi connectivity index (χ2n) is 2.83. The maximum Gasteiger partial charge on any atom is 0.431 e. The van der Waals surface area contributed by atoms with Crippen LogP contribution in [0, 0.1) is 0 Å². The fourth-order valence-corrected chi connectivity index (χ4v) is 1.07. The molecule has 0 amide bonds. The Balaban J connectivity index is 2.37. The van der Waals surface area contributed by atoms with Crippen molar-refractivity contribution in [2.45, 2.75) is 6.18 Å². The van der Waals surface area contributed by atoms with Crippen molar-refractivity contribution in [1.82, 2.24) is 15.2 Å². The first-order valence-corrected chi connectivity index (χ1v) is 4.06. The predicted molar refractivity (Wildman–Crippen MR) is 45.8 cm³/mol. The molecule has 78 valence electrons. The van der Waals surface area contributed by atoms with Gasteiger partial charge >= 0.3 is 6.18 Å². The number of hydrogen-bond donors (Lipinski definition) is 0. The summed E-state index contributed by atoms with van der Waals surface area (Å²) in [5.74, 6) is 0. The molecule has 2 aromatic heterocycles. The normalized spacial score (nSPS) is 11.7. The van der Waals surface area contributed by atoms with Crippen molar-refractivity contribution in [3.8, 4) is 11.4 Å². The van der Waals surface area contributed by atoms with Crippen LogP contribution in [0.5, 0.6) is 0 Å². The van der Waals surface area contributed by atoms with E-state index in [-0.39, 0.29) is 5.69 Å². The van der Waals surface area contributed by atoms with Gasteiger partial charge in [-0.25, -0.2) is 0 Å². The molecule has 3 nitrogen and oxygen atoms in total. The number of halogens is 3. The second-order valence-corrected chi connectivity index (χ2v) is 2.83. The van der Waals surface area contributed by atoms with E-state index in [1.165, 1.54) is 6.20 Å². The maximum atomic E-state index is 12.2. The monoisotopic (exact) mass is 212 g/mol. The molecule has 0 saturated heterocycles. The maximum absolute atomic E-state index is 12.2. The zero-order valence-corrected chi connectivity index (χ0v) is 7.36. The number of rotatable bonds is 1. The summed E-state index contributed by atoms with van der Waals surface area (Å²) in [5.41, 5.74) is -0.494. The van der Waals surface area contributed by atoms with Crippen LogP contribution in [0.3, 0.4) is 0 Å². The third-order valence-corrected chi connectivity index (χ3v) is 1.76. The third kappa shape index (κ3) is 1.98. The molecule has 0 radical (unpaired) electrons. The summed E-state index contributed by atoms with van der Waals surface area (Å²) >= 11 is 0. The predicted octanol–water partition coefficient (Wildman–Crippen LogP) is 2.12. The van der Waals surface area contributed by atoms with Gasteiger partial charge in [-0.05, 0) is 18.2 Å². The Morgan fingerprint density at radius 2 is 2.00 bits per heavy atom. The molecule has 0 atom stereocenters. The second kappa shape index (κ2) is 3.38. The van der Waals surface area contributed by atoms with Gasteiger partial charge in [0.1, 0.15) is 5.69 Å². The van der Waals surface area contributed by atoms with Crippen LogP contribution in [-0.2, 0) is 6.18 Å². The molecule has 2 aromatic rings. The van der Waals surface area contributed by atoms with Crippen molar-refractivity contribution in [2.75, 3.05) is 0 Å². The highest BCUT2D eigenvalue weighted by atomic mass is 19.4. The van der Waals surface area contributed by atoms with E-state index in [0.717, 1.165) is 6.07 Å². The first kappa shape index (κ1) is 9.70. The van der Waals surface area contributed by atoms with Crippen LogP contribution < -0.4 is 5.10 Å². The minimum absolute atomic E-state index is 0.128. The number of alkyl halides is 3. The van der Waals surface area contributed by atoms with Crippen LogP contribution in [0.4, 0.5) is 13.2 Å². The lowest BCUT2D eigenvalue weighted by Gasteiger charge is -2.01. The summed E-state index contributed by atoms with van der Waals surface area (Å²) in [5, 5.41) is 6.47. The van der Waals surface area contributed by atoms with Crippen molar-refractivity contribution in [1.29, 1.82) is 0 Å². The molecular weight excluding hydrogens is 207 g/mol. The minimum Gasteiger partial charge on any atom is -0.573 e. The van der Waals surface area contributed by atoms with E-state index in [0.29, 0.717) is 5.69 Å². The zero-order valence-electron chi connectivity index (χ0n) is 7.36. The molecular formula is C9H5F3N3-. The zero-order chi connectivity index (χ0) is 10.9. The smallest absolute Gasteiger partial charge is 0.431 e. The van der Waals surface area contributed by atoms with Gasteiger partial charge in [-0.3, -0.25) is 4.98 Å². The largest absolute Gasteiger partial charge is 0.573 e. The average molecular weight is 212 g/mol. The van der Waals surface area contributed by atoms with Crippen LogP contribution in [0.2, 0.25) is 0 Å². The van der Waals surface area contributed by atoms with Gasteiger partial charge in [-0.15, -0.1) is 0 Å². The molecule has 6 heteroatoms. The topological polar surface area (TPSA) is 39.9 Å². The highest BCUT2D eigenvalue weighted by Crippen LogP contribution is 2.29. The van der Waals surface area contributed by atoms with E-state index in [1.807, 2.05) is 0 Å². The van der Waals surface area contributed by atoms with Crippen molar-refractivity contribution < 1.29 is 13.2 Å². The van der Waals surface area contributed by atoms with Gasteiger partial charge in [0.25, 0.3) is 0 Å². The minimum atomic E-state index is -4.46. The number of hydrogen-bond acceptors (Lipinski definition) is 2. The first-order chi connectivity index (χ1) is 7.07. The average Bonchev–Trinajstić information content (AvgIpc) is 2.67. The molecule has 0 aliphatic carbocycles. The fourth-order valence-electron chi connectivity index (χ4n) is 1.07. The molecule has 0 fully saturated rings. The van der Waals surface area contributed by atoms with Gasteiger partial charge in [0.2, 0.25) is 0 Å². The van der Waals surface area contributed by atoms with Crippen LogP contribution in [0.25, 0.3) is 11.4 Å². The van der Waals surface area contributed by atoms with Gasteiger partial charge < -0.3 is 10.2 Å². The van der Waals surface area contributed by atoms with E-state index < -0.39 is 11.9 Å². The summed E-state index contributed by atoms with van der Waals surface area (Å²) in [6, 6.07) is 5.79. The summed E-state index contributed by atoms with van der Waals surface area (Å²) in [6.07, 6.45) is -2.97. The Kier molecular flexibility index (Phi) is 2.18. The molecule has 0 aromatic carbocycles. The Morgan fingerprint density at radius 1 is 1.20 bits per heavy atom. The number of nitrogens with zero attached hydrogens (tertiary/aromatic N) is 3. The molecule has 0 spiro atoms. The van der Waals surface area contributed by atoms with Crippen molar-refractivity contribution in [2.24, 2.45) is 0 Å². The standard InChI is InChI=1S/C9H5F3N3/c10-9(11,12)8-5-7(14-15-8)6-3-1-2-4-13-6/h1-5H/q-1. The molecule has 0 aliphatic heterocycles. The number of aromatic nitrogens is 3. The SMILES string of the molecule is FC(F)(F)c1cc(-c2ccccn2)[n-]n1. The van der Waals surface area contributed by atoms with E-state index in [9.17, 15) is 13.2 Å². The Hall–Kier alpha value is -1.85. The van der Waals surface area contributed by atoms with Crippen LogP contribution in [0.15, 0.2) is 30.5 Å². The summed E-state index contributed by atoms with van der Waals surface area (Å²) in [6.45, 7) is 0. The highest BCUT2D eigenvalue weighted by molar-refractivity contribution is 5.53. The van der Waals surface area contributed by atoms with Gasteiger partial charge in [-0.2, -0.15) is 13.2 Å². The third-order valence-electron chi connectivity index (χ3n) is 1.76. The lowest BCUT2D eigenvalue weighted by Crippen LogP contribution is -2.04. The van der Waals surface area contributed by atoms with Crippen molar-refractivity contribution >= 4 is 0 Å². The van der Waals surface area contributed by atoms with E-state index in [2.05, 4.69) is 15.2 Å². The Morgan fingerprint density at radius 3 is 2.53 bits per heavy atom. The highest BCUT2D eigenvalue weighted by Gasteiger charge is 2.31. The van der Waals surface area contributed by atoms with E-state index in [4.69, 9.17) is 0 Å². The summed E-state index contributed by atoms with van der Waals surface area (Å²) < 4.78 is 36.6. The Bertz CT molecular complexity index is 447. The summed E-state index contributed by atoms with van der Waals surface area (Å²) in [4.78, 5) is 3.87. The first-order valence-electron chi connectivity index (χ1n) is 4.06. The molecule has 2 rings (SSSR count). The van der Waals surface area contributed by atoms with Gasteiger partial charge in [0, 0.05) is 11.9 Å². The number of pyridine rings is 1. The van der Waals surface area contributed by atoms with Gasteiger partial charge in [0.05, 0.1) is 0 Å². The fraction of sp³-hybridized carbons (Fsp3) is 0.111. The molecule has 0 aliphatic rings. The van der Waals surface area contributed by atoms with E-state index >= 15 is 0 Å². The van der Waals surface area contributed by atoms with Gasteiger partial charge in [0.15, 0.2) is 0 Å². The van der Waals surface area contributed by atoms with Crippen LogP contribution >= 0.6 is 0 Å². The van der Waals surface area contributed by atoms with Crippen LogP contribution in [-0.4, -0.2) is 10.1 Å². The summed E-state index contributed by atoms with van der Waals surface area (Å²) in [7, 11) is 0. The lowest BCUT2D eigenvalue weighted by atomic mass is 10.2. The van der Waals surface area contributed by atoms with Crippen molar-refractivity contribution in [3.63, 3.8) is 0 Å². The molecule has 15 heavy (non-hydrogen) atoms. The molecule has 2 heterocycles. The van der Waals surface area contributed by atoms with Crippen LogP contribution in [0.1, 0.15) is 5.69 Å². The quantitative estimate of drug-likeness (QED) is 0.726. The Labute approximate surface area is 83.0 Å².